The summed E-state index contributed by atoms with van der Waals surface area (Å²) in [7, 11) is 0. The molecule has 3 rings (SSSR count). The third kappa shape index (κ3) is 4.48. The van der Waals surface area contributed by atoms with Gasteiger partial charge in [-0.3, -0.25) is 14.9 Å². The number of benzene rings is 2. The molecule has 2 aromatic carbocycles. The SMILES string of the molecule is C#CCOc1c(Br)cc(/C=C2\C(=O)NC(=O)N(c3cc(C)cc(C)c3)C2=O)cc1Br. The number of halogens is 2. The zero-order valence-corrected chi connectivity index (χ0v) is 19.3. The second kappa shape index (κ2) is 8.86. The van der Waals surface area contributed by atoms with Crippen molar-refractivity contribution in [2.24, 2.45) is 0 Å². The molecule has 0 saturated carbocycles. The van der Waals surface area contributed by atoms with Gasteiger partial charge in [-0.25, -0.2) is 9.69 Å². The summed E-state index contributed by atoms with van der Waals surface area (Å²) in [6.07, 6.45) is 6.64. The average Bonchev–Trinajstić information content (AvgIpc) is 2.63. The molecule has 0 aliphatic carbocycles. The summed E-state index contributed by atoms with van der Waals surface area (Å²) in [5.41, 5.74) is 2.57. The van der Waals surface area contributed by atoms with Gasteiger partial charge in [-0.1, -0.05) is 12.0 Å². The molecule has 2 aromatic rings. The molecule has 6 nitrogen and oxygen atoms in total. The number of barbiturate groups is 1. The lowest BCUT2D eigenvalue weighted by molar-refractivity contribution is -0.122. The number of amides is 4. The van der Waals surface area contributed by atoms with Gasteiger partial charge in [-0.15, -0.1) is 6.42 Å². The Morgan fingerprint density at radius 3 is 2.23 bits per heavy atom. The number of terminal acetylenes is 1. The van der Waals surface area contributed by atoms with Crippen molar-refractivity contribution in [3.63, 3.8) is 0 Å². The van der Waals surface area contributed by atoms with Crippen molar-refractivity contribution < 1.29 is 19.1 Å². The summed E-state index contributed by atoms with van der Waals surface area (Å²) >= 11 is 6.79. The Morgan fingerprint density at radius 2 is 1.67 bits per heavy atom. The number of anilines is 1. The van der Waals surface area contributed by atoms with Crippen LogP contribution in [0.2, 0.25) is 0 Å². The molecule has 0 radical (unpaired) electrons. The van der Waals surface area contributed by atoms with Gasteiger partial charge < -0.3 is 4.74 Å². The molecule has 30 heavy (non-hydrogen) atoms. The molecule has 8 heteroatoms. The van der Waals surface area contributed by atoms with Crippen LogP contribution in [-0.4, -0.2) is 24.5 Å². The average molecular weight is 532 g/mol. The van der Waals surface area contributed by atoms with Gasteiger partial charge in [0.05, 0.1) is 14.6 Å². The predicted molar refractivity (Wildman–Crippen MR) is 121 cm³/mol. The maximum atomic E-state index is 13.1. The first-order valence-corrected chi connectivity index (χ1v) is 10.3. The van der Waals surface area contributed by atoms with Gasteiger partial charge in [-0.05, 0) is 92.7 Å². The van der Waals surface area contributed by atoms with E-state index in [0.717, 1.165) is 16.0 Å². The first kappa shape index (κ1) is 21.8. The second-order valence-electron chi connectivity index (χ2n) is 6.61. The van der Waals surface area contributed by atoms with Crippen LogP contribution in [0.3, 0.4) is 0 Å². The van der Waals surface area contributed by atoms with E-state index >= 15 is 0 Å². The smallest absolute Gasteiger partial charge is 0.335 e. The minimum atomic E-state index is -0.785. The van der Waals surface area contributed by atoms with E-state index in [2.05, 4.69) is 43.1 Å². The molecule has 0 spiro atoms. The fourth-order valence-electron chi connectivity index (χ4n) is 3.05. The third-order valence-corrected chi connectivity index (χ3v) is 5.38. The van der Waals surface area contributed by atoms with Crippen molar-refractivity contribution in [2.75, 3.05) is 11.5 Å². The molecular formula is C22H16Br2N2O4. The highest BCUT2D eigenvalue weighted by molar-refractivity contribution is 9.11. The number of hydrogen-bond acceptors (Lipinski definition) is 4. The van der Waals surface area contributed by atoms with Crippen LogP contribution in [0.25, 0.3) is 6.08 Å². The van der Waals surface area contributed by atoms with Gasteiger partial charge >= 0.3 is 6.03 Å². The summed E-state index contributed by atoms with van der Waals surface area (Å²) in [4.78, 5) is 38.8. The monoisotopic (exact) mass is 530 g/mol. The number of carbonyl (C=O) groups excluding carboxylic acids is 3. The Morgan fingerprint density at radius 1 is 1.07 bits per heavy atom. The molecule has 1 aliphatic heterocycles. The molecule has 1 heterocycles. The van der Waals surface area contributed by atoms with E-state index in [1.807, 2.05) is 19.9 Å². The van der Waals surface area contributed by atoms with Gasteiger partial charge in [0.2, 0.25) is 0 Å². The third-order valence-electron chi connectivity index (χ3n) is 4.20. The highest BCUT2D eigenvalue weighted by Gasteiger charge is 2.37. The van der Waals surface area contributed by atoms with Crippen LogP contribution >= 0.6 is 31.9 Å². The van der Waals surface area contributed by atoms with Crippen LogP contribution in [0.5, 0.6) is 5.75 Å². The van der Waals surface area contributed by atoms with E-state index in [1.165, 1.54) is 6.08 Å². The second-order valence-corrected chi connectivity index (χ2v) is 8.32. The minimum Gasteiger partial charge on any atom is -0.479 e. The summed E-state index contributed by atoms with van der Waals surface area (Å²) in [6, 6.07) is 7.93. The molecule has 152 valence electrons. The number of aryl methyl sites for hydroxylation is 2. The Hall–Kier alpha value is -2.89. The number of nitrogens with zero attached hydrogens (tertiary/aromatic N) is 1. The Balaban J connectivity index is 2.02. The zero-order valence-electron chi connectivity index (χ0n) is 16.1. The minimum absolute atomic E-state index is 0.0888. The van der Waals surface area contributed by atoms with Gasteiger partial charge in [-0.2, -0.15) is 0 Å². The van der Waals surface area contributed by atoms with Crippen molar-refractivity contribution in [3.05, 3.63) is 61.5 Å². The molecule has 1 saturated heterocycles. The largest absolute Gasteiger partial charge is 0.479 e. The van der Waals surface area contributed by atoms with Crippen LogP contribution in [0.4, 0.5) is 10.5 Å². The predicted octanol–water partition coefficient (Wildman–Crippen LogP) is 4.51. The zero-order chi connectivity index (χ0) is 22.0. The van der Waals surface area contributed by atoms with Crippen molar-refractivity contribution >= 4 is 61.5 Å². The maximum absolute atomic E-state index is 13.1. The van der Waals surface area contributed by atoms with Crippen LogP contribution in [0.15, 0.2) is 44.9 Å². The van der Waals surface area contributed by atoms with E-state index in [9.17, 15) is 14.4 Å². The van der Waals surface area contributed by atoms with Gasteiger partial charge in [0, 0.05) is 0 Å². The first-order valence-electron chi connectivity index (χ1n) is 8.76. The van der Waals surface area contributed by atoms with Crippen LogP contribution in [0, 0.1) is 26.2 Å². The Kier molecular flexibility index (Phi) is 6.44. The normalized spacial score (nSPS) is 15.2. The number of carbonyl (C=O) groups is 3. The summed E-state index contributed by atoms with van der Waals surface area (Å²) in [5.74, 6) is 1.43. The molecule has 1 aliphatic rings. The standard InChI is InChI=1S/C22H16Br2N2O4/c1-4-5-30-19-17(23)10-14(11-18(19)24)9-16-20(27)25-22(29)26(21(16)28)15-7-12(2)6-13(3)8-15/h1,6-11H,5H2,2-3H3,(H,25,27,29)/b16-9+. The summed E-state index contributed by atoms with van der Waals surface area (Å²) in [5, 5.41) is 2.22. The molecular weight excluding hydrogens is 516 g/mol. The fraction of sp³-hybridized carbons (Fsp3) is 0.136. The van der Waals surface area contributed by atoms with Crippen LogP contribution in [-0.2, 0) is 9.59 Å². The number of imide groups is 2. The summed E-state index contributed by atoms with van der Waals surface area (Å²) < 4.78 is 6.64. The lowest BCUT2D eigenvalue weighted by Crippen LogP contribution is -2.54. The quantitative estimate of drug-likeness (QED) is 0.358. The topological polar surface area (TPSA) is 75.7 Å². The van der Waals surface area contributed by atoms with Crippen molar-refractivity contribution in [1.29, 1.82) is 0 Å². The maximum Gasteiger partial charge on any atom is 0.335 e. The highest BCUT2D eigenvalue weighted by atomic mass is 79.9. The number of ether oxygens (including phenoxy) is 1. The molecule has 0 bridgehead atoms. The molecule has 0 aromatic heterocycles. The number of urea groups is 1. The molecule has 1 fully saturated rings. The van der Waals surface area contributed by atoms with E-state index in [-0.39, 0.29) is 12.2 Å². The van der Waals surface area contributed by atoms with Gasteiger partial charge in [0.15, 0.2) is 0 Å². The van der Waals surface area contributed by atoms with E-state index in [4.69, 9.17) is 11.2 Å². The van der Waals surface area contributed by atoms with Gasteiger partial charge in [0.1, 0.15) is 17.9 Å². The fourth-order valence-corrected chi connectivity index (χ4v) is 4.50. The van der Waals surface area contributed by atoms with Crippen molar-refractivity contribution in [3.8, 4) is 18.1 Å². The van der Waals surface area contributed by atoms with E-state index in [0.29, 0.717) is 25.9 Å². The van der Waals surface area contributed by atoms with E-state index < -0.39 is 17.8 Å². The lowest BCUT2D eigenvalue weighted by Gasteiger charge is -2.27. The number of hydrogen-bond donors (Lipinski definition) is 1. The van der Waals surface area contributed by atoms with Crippen molar-refractivity contribution in [2.45, 2.75) is 13.8 Å². The van der Waals surface area contributed by atoms with Crippen LogP contribution in [0.1, 0.15) is 16.7 Å². The van der Waals surface area contributed by atoms with E-state index in [1.54, 1.807) is 24.3 Å². The first-order chi connectivity index (χ1) is 14.2. The summed E-state index contributed by atoms with van der Waals surface area (Å²) in [6.45, 7) is 3.82. The van der Waals surface area contributed by atoms with Crippen molar-refractivity contribution in [1.82, 2.24) is 5.32 Å². The molecule has 0 atom stereocenters. The molecule has 4 amide bonds. The van der Waals surface area contributed by atoms with Crippen LogP contribution < -0.4 is 15.0 Å². The number of nitrogens with one attached hydrogen (secondary N) is 1. The molecule has 0 unspecified atom stereocenters. The van der Waals surface area contributed by atoms with Gasteiger partial charge in [0.25, 0.3) is 11.8 Å². The molecule has 1 N–H and O–H groups in total. The highest BCUT2D eigenvalue weighted by Crippen LogP contribution is 2.35. The Bertz CT molecular complexity index is 1110. The Labute approximate surface area is 190 Å². The number of rotatable bonds is 4. The lowest BCUT2D eigenvalue weighted by atomic mass is 10.1.